The number of hydrogen-bond donors (Lipinski definition) is 2. The summed E-state index contributed by atoms with van der Waals surface area (Å²) in [7, 11) is 0. The van der Waals surface area contributed by atoms with Crippen molar-refractivity contribution in [3.63, 3.8) is 0 Å². The van der Waals surface area contributed by atoms with Crippen LogP contribution in [0, 0.1) is 5.92 Å². The van der Waals surface area contributed by atoms with E-state index in [1.165, 1.54) is 4.90 Å². The Labute approximate surface area is 151 Å². The number of aliphatic carboxylic acids is 1. The number of carboxylic acid groups (broad SMARTS) is 1. The molecule has 0 bridgehead atoms. The molecule has 1 aromatic heterocycles. The minimum absolute atomic E-state index is 0.252. The fourth-order valence-electron chi connectivity index (χ4n) is 2.81. The van der Waals surface area contributed by atoms with Gasteiger partial charge in [0.2, 0.25) is 5.88 Å². The van der Waals surface area contributed by atoms with Crippen molar-refractivity contribution < 1.29 is 19.4 Å². The number of amides is 2. The number of pyridine rings is 1. The lowest BCUT2D eigenvalue weighted by atomic mass is 10.1. The van der Waals surface area contributed by atoms with Gasteiger partial charge in [-0.05, 0) is 23.6 Å². The predicted molar refractivity (Wildman–Crippen MR) is 94.6 cm³/mol. The van der Waals surface area contributed by atoms with E-state index in [9.17, 15) is 9.59 Å². The van der Waals surface area contributed by atoms with Gasteiger partial charge in [0.25, 0.3) is 0 Å². The summed E-state index contributed by atoms with van der Waals surface area (Å²) in [5, 5.41) is 11.8. The first kappa shape index (κ1) is 17.7. The number of likely N-dealkylation sites (tertiary alicyclic amines) is 1. The van der Waals surface area contributed by atoms with Crippen LogP contribution in [0.4, 0.5) is 4.79 Å². The molecule has 136 valence electrons. The SMILES string of the molecule is O=C(O)C1CCN(C(=O)NCc2ccnc(OCc3ccccc3)c2)C1. The molecule has 3 rings (SSSR count). The Morgan fingerprint density at radius 1 is 1.23 bits per heavy atom. The van der Waals surface area contributed by atoms with Crippen molar-refractivity contribution in [3.8, 4) is 5.88 Å². The summed E-state index contributed by atoms with van der Waals surface area (Å²) in [6, 6.07) is 13.1. The molecule has 2 heterocycles. The number of carbonyl (C=O) groups excluding carboxylic acids is 1. The van der Waals surface area contributed by atoms with Gasteiger partial charge in [-0.1, -0.05) is 30.3 Å². The zero-order valence-corrected chi connectivity index (χ0v) is 14.3. The van der Waals surface area contributed by atoms with Crippen LogP contribution in [-0.2, 0) is 17.9 Å². The van der Waals surface area contributed by atoms with Gasteiger partial charge in [0.15, 0.2) is 0 Å². The van der Waals surface area contributed by atoms with Gasteiger partial charge in [-0.15, -0.1) is 0 Å². The molecule has 1 aliphatic heterocycles. The largest absolute Gasteiger partial charge is 0.481 e. The summed E-state index contributed by atoms with van der Waals surface area (Å²) >= 11 is 0. The number of hydrogen-bond acceptors (Lipinski definition) is 4. The molecule has 1 unspecified atom stereocenters. The van der Waals surface area contributed by atoms with Crippen LogP contribution in [0.15, 0.2) is 48.7 Å². The molecule has 1 saturated heterocycles. The van der Waals surface area contributed by atoms with E-state index in [1.807, 2.05) is 30.3 Å². The van der Waals surface area contributed by atoms with E-state index in [1.54, 1.807) is 18.3 Å². The molecule has 2 aromatic rings. The third-order valence-electron chi connectivity index (χ3n) is 4.30. The van der Waals surface area contributed by atoms with E-state index in [2.05, 4.69) is 10.3 Å². The maximum Gasteiger partial charge on any atom is 0.317 e. The van der Waals surface area contributed by atoms with Crippen LogP contribution in [0.5, 0.6) is 5.88 Å². The van der Waals surface area contributed by atoms with Crippen LogP contribution in [-0.4, -0.2) is 40.1 Å². The second-order valence-electron chi connectivity index (χ2n) is 6.21. The molecule has 2 amide bonds. The fraction of sp³-hybridized carbons (Fsp3) is 0.316. The number of nitrogens with one attached hydrogen (secondary N) is 1. The molecule has 0 radical (unpaired) electrons. The molecule has 7 nitrogen and oxygen atoms in total. The van der Waals surface area contributed by atoms with E-state index in [-0.39, 0.29) is 12.6 Å². The highest BCUT2D eigenvalue weighted by molar-refractivity contribution is 5.77. The van der Waals surface area contributed by atoms with Crippen LogP contribution in [0.25, 0.3) is 0 Å². The minimum atomic E-state index is -0.852. The number of rotatable bonds is 6. The topological polar surface area (TPSA) is 91.8 Å². The molecule has 1 fully saturated rings. The average molecular weight is 355 g/mol. The third-order valence-corrected chi connectivity index (χ3v) is 4.30. The lowest BCUT2D eigenvalue weighted by Gasteiger charge is -2.17. The Morgan fingerprint density at radius 3 is 2.77 bits per heavy atom. The molecule has 1 atom stereocenters. The van der Waals surface area contributed by atoms with Crippen molar-refractivity contribution in [3.05, 3.63) is 59.8 Å². The van der Waals surface area contributed by atoms with E-state index < -0.39 is 11.9 Å². The van der Waals surface area contributed by atoms with Gasteiger partial charge in [-0.2, -0.15) is 0 Å². The maximum atomic E-state index is 12.2. The van der Waals surface area contributed by atoms with E-state index in [0.717, 1.165) is 11.1 Å². The van der Waals surface area contributed by atoms with Crippen molar-refractivity contribution in [1.82, 2.24) is 15.2 Å². The number of carboxylic acids is 1. The minimum Gasteiger partial charge on any atom is -0.481 e. The van der Waals surface area contributed by atoms with Gasteiger partial charge in [0.1, 0.15) is 6.61 Å². The number of aromatic nitrogens is 1. The zero-order valence-electron chi connectivity index (χ0n) is 14.3. The smallest absolute Gasteiger partial charge is 0.317 e. The molecule has 0 saturated carbocycles. The molecule has 1 aliphatic rings. The molecular formula is C19H21N3O4. The molecule has 1 aromatic carbocycles. The maximum absolute atomic E-state index is 12.2. The monoisotopic (exact) mass is 355 g/mol. The Kier molecular flexibility index (Phi) is 5.68. The van der Waals surface area contributed by atoms with Crippen molar-refractivity contribution in [2.45, 2.75) is 19.6 Å². The van der Waals surface area contributed by atoms with Gasteiger partial charge in [-0.25, -0.2) is 9.78 Å². The number of ether oxygens (including phenoxy) is 1. The Morgan fingerprint density at radius 2 is 2.04 bits per heavy atom. The lowest BCUT2D eigenvalue weighted by Crippen LogP contribution is -2.38. The highest BCUT2D eigenvalue weighted by Gasteiger charge is 2.30. The quantitative estimate of drug-likeness (QED) is 0.829. The fourth-order valence-corrected chi connectivity index (χ4v) is 2.81. The van der Waals surface area contributed by atoms with Crippen LogP contribution in [0.2, 0.25) is 0 Å². The summed E-state index contributed by atoms with van der Waals surface area (Å²) in [6.07, 6.45) is 2.13. The standard InChI is InChI=1S/C19H21N3O4/c23-18(24)16-7-9-22(12-16)19(25)21-11-15-6-8-20-17(10-15)26-13-14-4-2-1-3-5-14/h1-6,8,10,16H,7,9,11-13H2,(H,21,25)(H,23,24). The molecule has 7 heteroatoms. The summed E-state index contributed by atoms with van der Waals surface area (Å²) < 4.78 is 5.68. The van der Waals surface area contributed by atoms with Crippen LogP contribution < -0.4 is 10.1 Å². The van der Waals surface area contributed by atoms with Crippen molar-refractivity contribution in [1.29, 1.82) is 0 Å². The van der Waals surface area contributed by atoms with Crippen molar-refractivity contribution in [2.75, 3.05) is 13.1 Å². The van der Waals surface area contributed by atoms with Gasteiger partial charge >= 0.3 is 12.0 Å². The normalized spacial score (nSPS) is 16.3. The first-order valence-electron chi connectivity index (χ1n) is 8.49. The summed E-state index contributed by atoms with van der Waals surface area (Å²) in [6.45, 7) is 1.47. The molecule has 2 N–H and O–H groups in total. The second-order valence-corrected chi connectivity index (χ2v) is 6.21. The Balaban J connectivity index is 1.49. The van der Waals surface area contributed by atoms with Gasteiger partial charge in [-0.3, -0.25) is 4.79 Å². The highest BCUT2D eigenvalue weighted by Crippen LogP contribution is 2.16. The summed E-state index contributed by atoms with van der Waals surface area (Å²) in [4.78, 5) is 28.8. The molecular weight excluding hydrogens is 334 g/mol. The number of nitrogens with zero attached hydrogens (tertiary/aromatic N) is 2. The van der Waals surface area contributed by atoms with E-state index in [4.69, 9.17) is 9.84 Å². The lowest BCUT2D eigenvalue weighted by molar-refractivity contribution is -0.141. The Bertz CT molecular complexity index is 766. The summed E-state index contributed by atoms with van der Waals surface area (Å²) in [5.41, 5.74) is 1.92. The summed E-state index contributed by atoms with van der Waals surface area (Å²) in [5.74, 6) is -0.831. The second kappa shape index (κ2) is 8.33. The Hall–Kier alpha value is -3.09. The van der Waals surface area contributed by atoms with Gasteiger partial charge in [0, 0.05) is 31.9 Å². The first-order valence-corrected chi connectivity index (χ1v) is 8.49. The third kappa shape index (κ3) is 4.72. The van der Waals surface area contributed by atoms with Crippen molar-refractivity contribution >= 4 is 12.0 Å². The zero-order chi connectivity index (χ0) is 18.4. The number of carbonyl (C=O) groups is 2. The first-order chi connectivity index (χ1) is 12.6. The van der Waals surface area contributed by atoms with Crippen LogP contribution >= 0.6 is 0 Å². The van der Waals surface area contributed by atoms with Gasteiger partial charge < -0.3 is 20.1 Å². The average Bonchev–Trinajstić information content (AvgIpc) is 3.16. The molecule has 26 heavy (non-hydrogen) atoms. The number of urea groups is 1. The van der Waals surface area contributed by atoms with Gasteiger partial charge in [0.05, 0.1) is 5.92 Å². The van der Waals surface area contributed by atoms with Crippen molar-refractivity contribution in [2.24, 2.45) is 5.92 Å². The van der Waals surface area contributed by atoms with Crippen LogP contribution in [0.1, 0.15) is 17.5 Å². The van der Waals surface area contributed by atoms with Crippen LogP contribution in [0.3, 0.4) is 0 Å². The highest BCUT2D eigenvalue weighted by atomic mass is 16.5. The number of benzene rings is 1. The molecule has 0 spiro atoms. The van der Waals surface area contributed by atoms with E-state index >= 15 is 0 Å². The molecule has 0 aliphatic carbocycles. The van der Waals surface area contributed by atoms with E-state index in [0.29, 0.717) is 32.0 Å². The predicted octanol–water partition coefficient (Wildman–Crippen LogP) is 2.28.